The molecule has 0 spiro atoms. The predicted molar refractivity (Wildman–Crippen MR) is 51.5 cm³/mol. The highest BCUT2D eigenvalue weighted by molar-refractivity contribution is 5.69. The van der Waals surface area contributed by atoms with Gasteiger partial charge in [-0.3, -0.25) is 4.79 Å². The molecule has 0 bridgehead atoms. The number of rotatable bonds is 4. The number of carboxylic acid groups (broad SMARTS) is 1. The van der Waals surface area contributed by atoms with Crippen molar-refractivity contribution in [3.05, 3.63) is 35.6 Å². The fraction of sp³-hybridized carbons (Fsp3) is 0.364. The van der Waals surface area contributed by atoms with Crippen LogP contribution in [0.5, 0.6) is 0 Å². The Morgan fingerprint density at radius 1 is 1.43 bits per heavy atom. The van der Waals surface area contributed by atoms with Crippen molar-refractivity contribution in [3.8, 4) is 0 Å². The van der Waals surface area contributed by atoms with Gasteiger partial charge in [0.15, 0.2) is 0 Å². The molecule has 2 nitrogen and oxygen atoms in total. The first-order chi connectivity index (χ1) is 6.59. The standard InChI is InChI=1S/C11H13FO2/c1-8(11(13)14)2-3-9-4-6-10(12)7-5-9/h4-8H,2-3H2,1H3,(H,13,14)/t8-/m1/s1. The second kappa shape index (κ2) is 4.74. The van der Waals surface area contributed by atoms with Crippen molar-refractivity contribution < 1.29 is 14.3 Å². The van der Waals surface area contributed by atoms with Gasteiger partial charge in [0.25, 0.3) is 0 Å². The summed E-state index contributed by atoms with van der Waals surface area (Å²) in [6.07, 6.45) is 1.26. The molecule has 0 saturated heterocycles. The zero-order chi connectivity index (χ0) is 10.6. The molecule has 0 aliphatic carbocycles. The van der Waals surface area contributed by atoms with Crippen molar-refractivity contribution >= 4 is 5.97 Å². The average molecular weight is 196 g/mol. The summed E-state index contributed by atoms with van der Waals surface area (Å²) in [6, 6.07) is 6.15. The fourth-order valence-corrected chi connectivity index (χ4v) is 1.16. The van der Waals surface area contributed by atoms with E-state index in [0.29, 0.717) is 12.8 Å². The molecule has 0 fully saturated rings. The highest BCUT2D eigenvalue weighted by Gasteiger charge is 2.10. The maximum absolute atomic E-state index is 12.5. The van der Waals surface area contributed by atoms with Gasteiger partial charge in [-0.1, -0.05) is 19.1 Å². The van der Waals surface area contributed by atoms with Crippen LogP contribution >= 0.6 is 0 Å². The van der Waals surface area contributed by atoms with E-state index in [2.05, 4.69) is 0 Å². The Bertz CT molecular complexity index is 306. The highest BCUT2D eigenvalue weighted by Crippen LogP contribution is 2.10. The van der Waals surface area contributed by atoms with Crippen LogP contribution in [0.4, 0.5) is 4.39 Å². The third kappa shape index (κ3) is 3.17. The van der Waals surface area contributed by atoms with Crippen molar-refractivity contribution in [3.63, 3.8) is 0 Å². The van der Waals surface area contributed by atoms with Gasteiger partial charge in [-0.15, -0.1) is 0 Å². The topological polar surface area (TPSA) is 37.3 Å². The third-order valence-corrected chi connectivity index (χ3v) is 2.20. The van der Waals surface area contributed by atoms with E-state index < -0.39 is 5.97 Å². The molecule has 0 unspecified atom stereocenters. The minimum absolute atomic E-state index is 0.264. The van der Waals surface area contributed by atoms with Crippen LogP contribution in [0.2, 0.25) is 0 Å². The van der Waals surface area contributed by atoms with Gasteiger partial charge in [-0.05, 0) is 30.5 Å². The van der Waals surface area contributed by atoms with E-state index in [4.69, 9.17) is 5.11 Å². The molecule has 76 valence electrons. The Labute approximate surface area is 82.4 Å². The minimum Gasteiger partial charge on any atom is -0.481 e. The molecule has 0 amide bonds. The number of hydrogen-bond donors (Lipinski definition) is 1. The van der Waals surface area contributed by atoms with Gasteiger partial charge in [0.1, 0.15) is 5.82 Å². The first kappa shape index (κ1) is 10.7. The summed E-state index contributed by atoms with van der Waals surface area (Å²) >= 11 is 0. The fourth-order valence-electron chi connectivity index (χ4n) is 1.16. The quantitative estimate of drug-likeness (QED) is 0.803. The molecule has 0 aliphatic heterocycles. The van der Waals surface area contributed by atoms with Crippen LogP contribution in [0.15, 0.2) is 24.3 Å². The van der Waals surface area contributed by atoms with Crippen molar-refractivity contribution in [1.82, 2.24) is 0 Å². The van der Waals surface area contributed by atoms with E-state index >= 15 is 0 Å². The van der Waals surface area contributed by atoms with E-state index in [1.165, 1.54) is 12.1 Å². The Balaban J connectivity index is 2.46. The number of carbonyl (C=O) groups is 1. The van der Waals surface area contributed by atoms with Gasteiger partial charge in [0.2, 0.25) is 0 Å². The lowest BCUT2D eigenvalue weighted by atomic mass is 10.0. The molecule has 1 atom stereocenters. The normalized spacial score (nSPS) is 12.4. The maximum atomic E-state index is 12.5. The van der Waals surface area contributed by atoms with Gasteiger partial charge in [0.05, 0.1) is 5.92 Å². The van der Waals surface area contributed by atoms with Crippen LogP contribution in [0.1, 0.15) is 18.9 Å². The smallest absolute Gasteiger partial charge is 0.306 e. The Morgan fingerprint density at radius 2 is 2.00 bits per heavy atom. The molecule has 3 heteroatoms. The van der Waals surface area contributed by atoms with E-state index in [-0.39, 0.29) is 11.7 Å². The molecule has 1 rings (SSSR count). The van der Waals surface area contributed by atoms with Crippen molar-refractivity contribution in [2.75, 3.05) is 0 Å². The van der Waals surface area contributed by atoms with Crippen LogP contribution in [0.3, 0.4) is 0 Å². The largest absolute Gasteiger partial charge is 0.481 e. The first-order valence-corrected chi connectivity index (χ1v) is 4.57. The summed E-state index contributed by atoms with van der Waals surface area (Å²) in [5.74, 6) is -1.40. The molecule has 1 aromatic carbocycles. The molecular formula is C11H13FO2. The summed E-state index contributed by atoms with van der Waals surface area (Å²) in [5, 5.41) is 8.64. The molecule has 14 heavy (non-hydrogen) atoms. The summed E-state index contributed by atoms with van der Waals surface area (Å²) < 4.78 is 12.5. The molecule has 0 radical (unpaired) electrons. The zero-order valence-electron chi connectivity index (χ0n) is 8.03. The maximum Gasteiger partial charge on any atom is 0.306 e. The number of benzene rings is 1. The van der Waals surface area contributed by atoms with E-state index in [1.807, 2.05) is 0 Å². The molecule has 0 saturated carbocycles. The number of halogens is 1. The monoisotopic (exact) mass is 196 g/mol. The third-order valence-electron chi connectivity index (χ3n) is 2.20. The molecule has 1 aromatic rings. The molecular weight excluding hydrogens is 183 g/mol. The Kier molecular flexibility index (Phi) is 3.63. The molecule has 1 N–H and O–H groups in total. The summed E-state index contributed by atoms with van der Waals surface area (Å²) in [6.45, 7) is 1.67. The van der Waals surface area contributed by atoms with Crippen LogP contribution in [-0.2, 0) is 11.2 Å². The van der Waals surface area contributed by atoms with Crippen LogP contribution in [0, 0.1) is 11.7 Å². The van der Waals surface area contributed by atoms with Crippen LogP contribution < -0.4 is 0 Å². The summed E-state index contributed by atoms with van der Waals surface area (Å²) in [4.78, 5) is 10.5. The number of aryl methyl sites for hydroxylation is 1. The second-order valence-corrected chi connectivity index (χ2v) is 3.40. The van der Waals surface area contributed by atoms with Gasteiger partial charge < -0.3 is 5.11 Å². The summed E-state index contributed by atoms with van der Waals surface area (Å²) in [7, 11) is 0. The number of hydrogen-bond acceptors (Lipinski definition) is 1. The molecule has 0 aliphatic rings. The SMILES string of the molecule is C[C@H](CCc1ccc(F)cc1)C(=O)O. The van der Waals surface area contributed by atoms with E-state index in [1.54, 1.807) is 19.1 Å². The van der Waals surface area contributed by atoms with Gasteiger partial charge >= 0.3 is 5.97 Å². The Hall–Kier alpha value is -1.38. The summed E-state index contributed by atoms with van der Waals surface area (Å²) in [5.41, 5.74) is 0.972. The van der Waals surface area contributed by atoms with Gasteiger partial charge in [-0.2, -0.15) is 0 Å². The van der Waals surface area contributed by atoms with Crippen molar-refractivity contribution in [2.24, 2.45) is 5.92 Å². The Morgan fingerprint density at radius 3 is 2.50 bits per heavy atom. The molecule has 0 aromatic heterocycles. The predicted octanol–water partition coefficient (Wildman–Crippen LogP) is 2.48. The van der Waals surface area contributed by atoms with E-state index in [9.17, 15) is 9.18 Å². The second-order valence-electron chi connectivity index (χ2n) is 3.40. The van der Waals surface area contributed by atoms with Crippen LogP contribution in [0.25, 0.3) is 0 Å². The minimum atomic E-state index is -0.785. The average Bonchev–Trinajstić information content (AvgIpc) is 2.16. The highest BCUT2D eigenvalue weighted by atomic mass is 19.1. The first-order valence-electron chi connectivity index (χ1n) is 4.57. The molecule has 0 heterocycles. The lowest BCUT2D eigenvalue weighted by Crippen LogP contribution is -2.10. The number of carboxylic acids is 1. The van der Waals surface area contributed by atoms with Crippen LogP contribution in [-0.4, -0.2) is 11.1 Å². The van der Waals surface area contributed by atoms with E-state index in [0.717, 1.165) is 5.56 Å². The van der Waals surface area contributed by atoms with Crippen molar-refractivity contribution in [2.45, 2.75) is 19.8 Å². The number of aliphatic carboxylic acids is 1. The van der Waals surface area contributed by atoms with Gasteiger partial charge in [0, 0.05) is 0 Å². The van der Waals surface area contributed by atoms with Crippen molar-refractivity contribution in [1.29, 1.82) is 0 Å². The zero-order valence-corrected chi connectivity index (χ0v) is 8.03. The lowest BCUT2D eigenvalue weighted by Gasteiger charge is -2.05. The van der Waals surface area contributed by atoms with Gasteiger partial charge in [-0.25, -0.2) is 4.39 Å². The lowest BCUT2D eigenvalue weighted by molar-refractivity contribution is -0.141.